The number of fused-ring (bicyclic) bond motifs is 7. The Morgan fingerprint density at radius 3 is 1.30 bits per heavy atom. The van der Waals surface area contributed by atoms with Crippen LogP contribution in [0.2, 0.25) is 20.1 Å². The lowest BCUT2D eigenvalue weighted by atomic mass is 9.86. The lowest BCUT2D eigenvalue weighted by Gasteiger charge is -2.33. The van der Waals surface area contributed by atoms with Crippen molar-refractivity contribution < 1.29 is 79.1 Å². The van der Waals surface area contributed by atoms with Crippen LogP contribution < -0.4 is 32.1 Å². The van der Waals surface area contributed by atoms with Crippen molar-refractivity contribution in [3.63, 3.8) is 0 Å². The summed E-state index contributed by atoms with van der Waals surface area (Å²) in [6.45, 7) is 1.55. The molecule has 4 atom stereocenters. The summed E-state index contributed by atoms with van der Waals surface area (Å²) >= 11 is 23.6. The van der Waals surface area contributed by atoms with Gasteiger partial charge in [0.1, 0.15) is 34.2 Å². The molecular weight excluding hydrogens is 1670 g/mol. The van der Waals surface area contributed by atoms with Crippen molar-refractivity contribution in [2.45, 2.75) is 66.1 Å². The molecule has 4 unspecified atom stereocenters. The number of aromatic nitrogens is 1. The van der Waals surface area contributed by atoms with Gasteiger partial charge in [-0.2, -0.15) is 0 Å². The minimum atomic E-state index is -4.00. The number of aryl methyl sites for hydroxylation is 2. The van der Waals surface area contributed by atoms with Gasteiger partial charge in [-0.05, 0) is 182 Å². The number of furan rings is 1. The van der Waals surface area contributed by atoms with Gasteiger partial charge in [-0.3, -0.25) is 71.9 Å². The summed E-state index contributed by atoms with van der Waals surface area (Å²) in [4.78, 5) is 151. The maximum atomic E-state index is 13.0. The van der Waals surface area contributed by atoms with Crippen molar-refractivity contribution >= 4 is 171 Å². The van der Waals surface area contributed by atoms with Crippen LogP contribution in [-0.4, -0.2) is 138 Å². The van der Waals surface area contributed by atoms with Crippen LogP contribution in [0.3, 0.4) is 0 Å². The van der Waals surface area contributed by atoms with Gasteiger partial charge >= 0.3 is 0 Å². The van der Waals surface area contributed by atoms with Gasteiger partial charge in [-0.25, -0.2) is 25.4 Å². The molecule has 614 valence electrons. The zero-order valence-electron chi connectivity index (χ0n) is 64.4. The summed E-state index contributed by atoms with van der Waals surface area (Å²) in [5.74, 6) is -10.8. The number of benzene rings is 9. The minimum Gasteiger partial charge on any atom is -0.494 e. The second-order valence-electron chi connectivity index (χ2n) is 27.8. The first-order valence-corrected chi connectivity index (χ1v) is 41.0. The number of pyridine rings is 1. The summed E-state index contributed by atoms with van der Waals surface area (Å²) in [6, 6.07) is 59.7. The molecule has 6 heterocycles. The molecule has 34 heteroatoms. The Labute approximate surface area is 706 Å². The SMILES string of the molecule is CN1C(=O)C(C(=O)Nc2ccc(Cl)cc2)c2ccc3c(c2S1(=O)=O)CCCC3.CN1C(=O)c2ccccc2C(C(=O)Nc2ccc(Cl)cc2)C1=O.CN1C(=O)c2ccccc2C(C(=O)Nc2ccccc2)C1=O.Cc1cc2c(o1)C(C(=O)Nc1ccc(Cl)cc1)C(=O)N(C)S2(=O)=O.Cn1c(O)c2ccc(Cl)c(C(=O)Nc3ccccc3)c2cc1=O. The standard InChI is InChI=1S/C20H19ClN2O4S.2C17H13ClN2O3.C17H14N2O3.C15H13ClN2O5S/c1-23-20(25)17(19(24)22-14-9-7-13(21)8-10-14)16-11-6-12-4-2-3-5-15(12)18(16)28(23,26)27;1-20-16(22)13-5-3-2-4-12(13)14(17(20)23)15(21)19-11-8-6-10(18)7-9-11;1-20-14(21)9-12-11(17(20)23)7-8-13(18)15(12)16(22)19-10-5-3-2-4-6-10;1-19-16(21)13-10-6-5-9-12(13)14(17(19)22)15(20)18-11-7-3-2-4-8-11;1-8-7-11-13(23-8)12(15(20)18(2)24(11,21)22)14(19)17-10-5-3-9(16)4-6-10/h6-11,17H,2-5H2,1H3,(H,22,24);2-9,14H,1H3,(H,19,21);2-9,23H,1H3,(H,19,22);2-10,14H,1H3,(H,18,20);3-7,12H,1-2H3,(H,17,19). The number of para-hydroxylation sites is 2. The maximum Gasteiger partial charge on any atom is 0.269 e. The molecule has 120 heavy (non-hydrogen) atoms. The number of rotatable bonds is 10. The van der Waals surface area contributed by atoms with Gasteiger partial charge in [0.15, 0.2) is 5.92 Å². The van der Waals surface area contributed by atoms with Crippen LogP contribution in [0.1, 0.15) is 107 Å². The number of carbonyl (C=O) groups is 11. The van der Waals surface area contributed by atoms with Crippen molar-refractivity contribution in [2.75, 3.05) is 54.8 Å². The monoisotopic (exact) mass is 1740 g/mol. The number of likely N-dealkylation sites (N-methyl/N-ethyl adjacent to an activating group) is 4. The third-order valence-corrected chi connectivity index (χ3v) is 24.9. The predicted octanol–water partition coefficient (Wildman–Crippen LogP) is 13.1. The highest BCUT2D eigenvalue weighted by Gasteiger charge is 2.50. The molecule has 0 saturated heterocycles. The van der Waals surface area contributed by atoms with Crippen molar-refractivity contribution in [3.8, 4) is 5.88 Å². The Kier molecular flexibility index (Phi) is 25.9. The summed E-state index contributed by atoms with van der Waals surface area (Å²) in [6.07, 6.45) is 3.32. The fourth-order valence-electron chi connectivity index (χ4n) is 13.8. The highest BCUT2D eigenvalue weighted by Crippen LogP contribution is 2.42. The largest absolute Gasteiger partial charge is 0.494 e. The Morgan fingerprint density at radius 1 is 0.425 bits per heavy atom. The summed E-state index contributed by atoms with van der Waals surface area (Å²) in [5.41, 5.74) is 6.00. The highest BCUT2D eigenvalue weighted by molar-refractivity contribution is 7.90. The van der Waals surface area contributed by atoms with E-state index >= 15 is 0 Å². The molecule has 1 aliphatic carbocycles. The third kappa shape index (κ3) is 17.8. The Balaban J connectivity index is 0.000000138. The molecule has 0 saturated carbocycles. The van der Waals surface area contributed by atoms with Gasteiger partial charge in [-0.15, -0.1) is 0 Å². The number of hydrogen-bond donors (Lipinski definition) is 6. The van der Waals surface area contributed by atoms with E-state index in [4.69, 9.17) is 50.8 Å². The van der Waals surface area contributed by atoms with Gasteiger partial charge in [0.05, 0.1) is 15.5 Å². The summed E-state index contributed by atoms with van der Waals surface area (Å²) in [5, 5.41) is 26.0. The molecule has 4 aliphatic heterocycles. The minimum absolute atomic E-state index is 0.128. The van der Waals surface area contributed by atoms with Gasteiger partial charge < -0.3 is 36.1 Å². The molecule has 0 bridgehead atoms. The molecule has 6 N–H and O–H groups in total. The van der Waals surface area contributed by atoms with Crippen molar-refractivity contribution in [1.29, 1.82) is 0 Å². The molecule has 16 rings (SSSR count). The lowest BCUT2D eigenvalue weighted by Crippen LogP contribution is -2.46. The van der Waals surface area contributed by atoms with E-state index in [0.717, 1.165) is 51.8 Å². The second kappa shape index (κ2) is 36.0. The molecule has 0 radical (unpaired) electrons. The first-order chi connectivity index (χ1) is 57.1. The maximum absolute atomic E-state index is 13.0. The topological polar surface area (TPSA) is 385 Å². The molecule has 2 aromatic heterocycles. The number of carbonyl (C=O) groups excluding carboxylic acids is 11. The average Bonchev–Trinajstić information content (AvgIpc) is 0.899. The summed E-state index contributed by atoms with van der Waals surface area (Å²) < 4.78 is 58.3. The molecule has 11 amide bonds. The number of halogens is 4. The molecule has 9 aromatic carbocycles. The first-order valence-electron chi connectivity index (χ1n) is 36.6. The van der Waals surface area contributed by atoms with Crippen LogP contribution in [0.15, 0.2) is 237 Å². The number of nitrogens with zero attached hydrogens (tertiary/aromatic N) is 5. The molecular formula is C86H72Cl4N10O18S2. The Bertz CT molecular complexity index is 6300. The fourth-order valence-corrected chi connectivity index (χ4v) is 17.5. The van der Waals surface area contributed by atoms with E-state index in [1.54, 1.807) is 189 Å². The van der Waals surface area contributed by atoms with Gasteiger partial charge in [0, 0.05) is 113 Å². The van der Waals surface area contributed by atoms with Crippen molar-refractivity contribution in [1.82, 2.24) is 23.0 Å². The van der Waals surface area contributed by atoms with Gasteiger partial charge in [-0.1, -0.05) is 131 Å². The molecule has 11 aromatic rings. The van der Waals surface area contributed by atoms with Gasteiger partial charge in [0.25, 0.3) is 55.1 Å². The van der Waals surface area contributed by atoms with Crippen LogP contribution in [0.4, 0.5) is 28.4 Å². The van der Waals surface area contributed by atoms with Crippen molar-refractivity contribution in [3.05, 3.63) is 305 Å². The zero-order chi connectivity index (χ0) is 86.5. The average molecular weight is 1740 g/mol. The van der Waals surface area contributed by atoms with E-state index in [9.17, 15) is 79.5 Å². The Morgan fingerprint density at radius 2 is 0.825 bits per heavy atom. The summed E-state index contributed by atoms with van der Waals surface area (Å²) in [7, 11) is -1.42. The zero-order valence-corrected chi connectivity index (χ0v) is 69.0. The van der Waals surface area contributed by atoms with Crippen LogP contribution >= 0.6 is 46.4 Å². The second-order valence-corrected chi connectivity index (χ2v) is 33.3. The van der Waals surface area contributed by atoms with E-state index in [1.807, 2.05) is 18.2 Å². The number of aromatic hydroxyl groups is 1. The van der Waals surface area contributed by atoms with Crippen LogP contribution in [0.5, 0.6) is 5.88 Å². The van der Waals surface area contributed by atoms with Crippen LogP contribution in [0.25, 0.3) is 10.8 Å². The highest BCUT2D eigenvalue weighted by atomic mass is 35.5. The fraction of sp³-hybridized carbons (Fsp3) is 0.163. The smallest absolute Gasteiger partial charge is 0.269 e. The van der Waals surface area contributed by atoms with Crippen LogP contribution in [-0.2, 0) is 78.3 Å². The normalized spacial score (nSPS) is 17.0. The number of hydrogen-bond acceptors (Lipinski definition) is 18. The van der Waals surface area contributed by atoms with Crippen molar-refractivity contribution in [2.24, 2.45) is 7.05 Å². The van der Waals surface area contributed by atoms with E-state index in [0.29, 0.717) is 97.3 Å². The van der Waals surface area contributed by atoms with E-state index in [-0.39, 0.29) is 43.5 Å². The number of imide groups is 2. The Hall–Kier alpha value is -13.1. The van der Waals surface area contributed by atoms with Crippen LogP contribution in [0, 0.1) is 6.92 Å². The lowest BCUT2D eigenvalue weighted by molar-refractivity contribution is -0.136. The van der Waals surface area contributed by atoms with E-state index < -0.39 is 108 Å². The van der Waals surface area contributed by atoms with E-state index in [1.165, 1.54) is 46.4 Å². The predicted molar refractivity (Wildman–Crippen MR) is 450 cm³/mol. The molecule has 28 nitrogen and oxygen atoms in total. The number of anilines is 5. The molecule has 0 fully saturated rings. The first kappa shape index (κ1) is 86.2. The number of sulfonamides is 2. The molecule has 0 spiro atoms. The molecule has 5 aliphatic rings. The number of amides is 11. The third-order valence-electron chi connectivity index (χ3n) is 20.1. The number of nitrogens with one attached hydrogen (secondary N) is 5. The van der Waals surface area contributed by atoms with E-state index in [2.05, 4.69) is 26.6 Å². The quantitative estimate of drug-likeness (QED) is 0.0547. The van der Waals surface area contributed by atoms with Gasteiger partial charge in [0.2, 0.25) is 41.3 Å².